The second-order valence-electron chi connectivity index (χ2n) is 19.1. The predicted molar refractivity (Wildman–Crippen MR) is 250 cm³/mol. The highest BCUT2D eigenvalue weighted by atomic mass is 19.3. The summed E-state index contributed by atoms with van der Waals surface area (Å²) in [6, 6.07) is 9.56. The standard InChI is InChI=1S/C50H53F2N11O6/c1-29(64)60-17-12-41-39(27-60)47(61-14-3-4-30-22-34(35(46(51)52)24-43(30)61)38-26-56(2)40-9-13-53-25-37(38)40)55-63(41)31-10-15-57(16-11-31)28-45(66)59-20-18-58(19-21-59)32-5-6-33-36(23-32)50(69)62(49(33)68)42-7-8-44(65)54-48(42)67/h5-6,9,13,22-26,31,42,46H,3-4,7-8,10-12,14-21,27-28H2,1-2H3,(H,54,65,67). The number of carbonyl (C=O) groups excluding carboxylic acids is 6. The van der Waals surface area contributed by atoms with Gasteiger partial charge in [0.15, 0.2) is 5.82 Å². The summed E-state index contributed by atoms with van der Waals surface area (Å²) in [5.74, 6) is -1.45. The highest BCUT2D eigenvalue weighted by molar-refractivity contribution is 6.23. The molecule has 3 fully saturated rings. The van der Waals surface area contributed by atoms with Crippen molar-refractivity contribution in [3.8, 4) is 11.1 Å². The Bertz CT molecular complexity index is 2970. The molecule has 6 aliphatic rings. The highest BCUT2D eigenvalue weighted by Crippen LogP contribution is 2.45. The van der Waals surface area contributed by atoms with Crippen LogP contribution in [0, 0.1) is 0 Å². The molecule has 17 nitrogen and oxygen atoms in total. The van der Waals surface area contributed by atoms with E-state index in [1.54, 1.807) is 43.6 Å². The summed E-state index contributed by atoms with van der Waals surface area (Å²) in [6.07, 6.45) is 6.45. The quantitative estimate of drug-likeness (QED) is 0.213. The van der Waals surface area contributed by atoms with E-state index in [2.05, 4.69) is 29.7 Å². The Hall–Kier alpha value is -7.02. The van der Waals surface area contributed by atoms with Crippen molar-refractivity contribution in [2.45, 2.75) is 76.9 Å². The highest BCUT2D eigenvalue weighted by Gasteiger charge is 2.45. The first kappa shape index (κ1) is 44.5. The zero-order valence-corrected chi connectivity index (χ0v) is 38.6. The molecule has 3 aromatic heterocycles. The molecule has 5 aromatic rings. The van der Waals surface area contributed by atoms with Crippen LogP contribution in [-0.4, -0.2) is 139 Å². The summed E-state index contributed by atoms with van der Waals surface area (Å²) in [5, 5.41) is 8.36. The maximum atomic E-state index is 15.1. The third kappa shape index (κ3) is 7.79. The molecule has 358 valence electrons. The fourth-order valence-corrected chi connectivity index (χ4v) is 11.4. The SMILES string of the molecule is CC(=O)N1CCc2c(c(N3CCCc4cc(-c5cn(C)c6ccncc56)c(C(F)F)cc43)nn2C2CCN(CC(=O)N3CCN(c4ccc5c(c4)C(=O)N(C4CCC(=O)NC4=O)C5=O)CC3)CC2)C1. The lowest BCUT2D eigenvalue weighted by atomic mass is 9.91. The number of hydrogen-bond donors (Lipinski definition) is 1. The van der Waals surface area contributed by atoms with Crippen molar-refractivity contribution in [1.29, 1.82) is 0 Å². The fraction of sp³-hybridized carbons (Fsp3) is 0.440. The minimum Gasteiger partial charge on any atom is -0.368 e. The van der Waals surface area contributed by atoms with Crippen molar-refractivity contribution < 1.29 is 37.5 Å². The molecule has 0 spiro atoms. The largest absolute Gasteiger partial charge is 0.368 e. The van der Waals surface area contributed by atoms with E-state index in [9.17, 15) is 28.8 Å². The smallest absolute Gasteiger partial charge is 0.264 e. The number of likely N-dealkylation sites (tertiary alicyclic amines) is 1. The summed E-state index contributed by atoms with van der Waals surface area (Å²) >= 11 is 0. The van der Waals surface area contributed by atoms with Gasteiger partial charge in [0.2, 0.25) is 23.6 Å². The summed E-state index contributed by atoms with van der Waals surface area (Å²) in [7, 11) is 1.91. The number of nitrogens with one attached hydrogen (secondary N) is 1. The number of aromatic nitrogens is 4. The van der Waals surface area contributed by atoms with Crippen LogP contribution in [-0.2, 0) is 45.6 Å². The molecular weight excluding hydrogens is 889 g/mol. The number of alkyl halides is 2. The summed E-state index contributed by atoms with van der Waals surface area (Å²) < 4.78 is 34.3. The first-order valence-electron chi connectivity index (χ1n) is 23.9. The average Bonchev–Trinajstić information content (AvgIpc) is 3.98. The molecular formula is C50H53F2N11O6. The van der Waals surface area contributed by atoms with Crippen molar-refractivity contribution in [2.24, 2.45) is 7.05 Å². The molecule has 9 heterocycles. The first-order chi connectivity index (χ1) is 33.3. The number of piperidine rings is 2. The van der Waals surface area contributed by atoms with Gasteiger partial charge in [0.25, 0.3) is 18.2 Å². The Kier molecular flexibility index (Phi) is 11.3. The number of halogens is 2. The molecule has 11 rings (SSSR count). The van der Waals surface area contributed by atoms with E-state index in [4.69, 9.17) is 5.10 Å². The number of benzene rings is 2. The van der Waals surface area contributed by atoms with Gasteiger partial charge in [0.1, 0.15) is 6.04 Å². The van der Waals surface area contributed by atoms with E-state index in [1.165, 1.54) is 0 Å². The molecule has 1 atom stereocenters. The number of anilines is 3. The number of pyridine rings is 1. The fourth-order valence-electron chi connectivity index (χ4n) is 11.4. The molecule has 0 aliphatic carbocycles. The van der Waals surface area contributed by atoms with Gasteiger partial charge in [0, 0.05) is 137 Å². The minimum absolute atomic E-state index is 0.0236. The molecule has 69 heavy (non-hydrogen) atoms. The van der Waals surface area contributed by atoms with Crippen molar-refractivity contribution in [3.05, 3.63) is 88.5 Å². The molecule has 1 N–H and O–H groups in total. The molecule has 2 aromatic carbocycles. The number of carbonyl (C=O) groups is 6. The lowest BCUT2D eigenvalue weighted by Gasteiger charge is -2.38. The Labute approximate surface area is 396 Å². The van der Waals surface area contributed by atoms with Crippen LogP contribution < -0.4 is 15.1 Å². The van der Waals surface area contributed by atoms with Crippen LogP contribution in [0.2, 0.25) is 0 Å². The zero-order chi connectivity index (χ0) is 47.8. The zero-order valence-electron chi connectivity index (χ0n) is 38.6. The number of aryl methyl sites for hydroxylation is 2. The van der Waals surface area contributed by atoms with Crippen LogP contribution in [0.15, 0.2) is 55.0 Å². The number of piperazine rings is 1. The van der Waals surface area contributed by atoms with Gasteiger partial charge in [-0.05, 0) is 79.6 Å². The maximum absolute atomic E-state index is 15.1. The van der Waals surface area contributed by atoms with Gasteiger partial charge >= 0.3 is 0 Å². The third-order valence-corrected chi connectivity index (χ3v) is 15.1. The molecule has 6 amide bonds. The summed E-state index contributed by atoms with van der Waals surface area (Å²) in [5.41, 5.74) is 7.01. The molecule has 3 saturated heterocycles. The molecule has 6 aliphatic heterocycles. The van der Waals surface area contributed by atoms with E-state index < -0.39 is 36.1 Å². The molecule has 0 saturated carbocycles. The number of hydrogen-bond acceptors (Lipinski definition) is 11. The second kappa shape index (κ2) is 17.5. The normalized spacial score (nSPS) is 20.2. The van der Waals surface area contributed by atoms with E-state index in [0.717, 1.165) is 75.2 Å². The number of nitrogens with zero attached hydrogens (tertiary/aromatic N) is 10. The van der Waals surface area contributed by atoms with Gasteiger partial charge in [0.05, 0.1) is 35.8 Å². The van der Waals surface area contributed by atoms with Crippen LogP contribution in [0.3, 0.4) is 0 Å². The molecule has 0 radical (unpaired) electrons. The van der Waals surface area contributed by atoms with Crippen molar-refractivity contribution >= 4 is 63.5 Å². The number of fused-ring (bicyclic) bond motifs is 4. The van der Waals surface area contributed by atoms with Gasteiger partial charge < -0.3 is 24.2 Å². The van der Waals surface area contributed by atoms with Gasteiger partial charge in [-0.3, -0.25) is 53.5 Å². The second-order valence-corrected chi connectivity index (χ2v) is 19.1. The number of imide groups is 2. The van der Waals surface area contributed by atoms with Crippen molar-refractivity contribution in [1.82, 2.24) is 44.2 Å². The summed E-state index contributed by atoms with van der Waals surface area (Å²) in [6.45, 7) is 6.84. The minimum atomic E-state index is -2.72. The number of rotatable bonds is 8. The van der Waals surface area contributed by atoms with Crippen LogP contribution in [0.4, 0.5) is 26.0 Å². The topological polar surface area (TPSA) is 170 Å². The maximum Gasteiger partial charge on any atom is 0.264 e. The van der Waals surface area contributed by atoms with Crippen LogP contribution in [0.5, 0.6) is 0 Å². The van der Waals surface area contributed by atoms with E-state index >= 15 is 8.78 Å². The lowest BCUT2D eigenvalue weighted by Crippen LogP contribution is -2.54. The Morgan fingerprint density at radius 1 is 0.826 bits per heavy atom. The Morgan fingerprint density at radius 3 is 2.36 bits per heavy atom. The van der Waals surface area contributed by atoms with Crippen molar-refractivity contribution in [3.63, 3.8) is 0 Å². The Morgan fingerprint density at radius 2 is 1.61 bits per heavy atom. The van der Waals surface area contributed by atoms with E-state index in [0.29, 0.717) is 76.7 Å². The third-order valence-electron chi connectivity index (χ3n) is 15.1. The summed E-state index contributed by atoms with van der Waals surface area (Å²) in [4.78, 5) is 92.7. The van der Waals surface area contributed by atoms with Gasteiger partial charge in [-0.25, -0.2) is 8.78 Å². The van der Waals surface area contributed by atoms with E-state index in [-0.39, 0.29) is 53.9 Å². The molecule has 1 unspecified atom stereocenters. The molecule has 19 heteroatoms. The van der Waals surface area contributed by atoms with Gasteiger partial charge in [-0.15, -0.1) is 0 Å². The van der Waals surface area contributed by atoms with Crippen LogP contribution in [0.25, 0.3) is 22.0 Å². The number of amides is 6. The van der Waals surface area contributed by atoms with Crippen LogP contribution in [0.1, 0.15) is 94.6 Å². The Balaban J connectivity index is 0.762. The average molecular weight is 942 g/mol. The van der Waals surface area contributed by atoms with Gasteiger partial charge in [-0.1, -0.05) is 0 Å². The first-order valence-corrected chi connectivity index (χ1v) is 23.9. The van der Waals surface area contributed by atoms with Gasteiger partial charge in [-0.2, -0.15) is 5.10 Å². The monoisotopic (exact) mass is 941 g/mol. The van der Waals surface area contributed by atoms with Crippen LogP contribution >= 0.6 is 0 Å². The lowest BCUT2D eigenvalue weighted by molar-refractivity contribution is -0.136. The predicted octanol–water partition coefficient (Wildman–Crippen LogP) is 4.75. The van der Waals surface area contributed by atoms with Crippen molar-refractivity contribution in [2.75, 3.05) is 68.7 Å². The molecule has 0 bridgehead atoms. The van der Waals surface area contributed by atoms with E-state index in [1.807, 2.05) is 39.7 Å².